The lowest BCUT2D eigenvalue weighted by molar-refractivity contribution is -0.139. The molecule has 4 aliphatic carbocycles. The lowest BCUT2D eigenvalue weighted by Gasteiger charge is -2.57. The largest absolute Gasteiger partial charge is 0.352 e. The highest BCUT2D eigenvalue weighted by molar-refractivity contribution is 7.92. The fraction of sp³-hybridized carbons (Fsp3) is 0.576. The molecule has 7 nitrogen and oxygen atoms in total. The summed E-state index contributed by atoms with van der Waals surface area (Å²) >= 11 is 0. The summed E-state index contributed by atoms with van der Waals surface area (Å²) in [5.41, 5.74) is 3.96. The Bertz CT molecular complexity index is 1330. The first-order chi connectivity index (χ1) is 19.3. The molecule has 0 saturated heterocycles. The van der Waals surface area contributed by atoms with Gasteiger partial charge in [0.05, 0.1) is 11.9 Å². The average molecular weight is 580 g/mol. The van der Waals surface area contributed by atoms with E-state index in [2.05, 4.69) is 17.4 Å². The number of carbonyl (C=O) groups is 2. The molecule has 0 heterocycles. The summed E-state index contributed by atoms with van der Waals surface area (Å²) in [5, 5.41) is 2.88. The number of sulfonamides is 1. The summed E-state index contributed by atoms with van der Waals surface area (Å²) in [4.78, 5) is 28.2. The number of nitrogens with one attached hydrogen (secondary N) is 1. The van der Waals surface area contributed by atoms with Crippen molar-refractivity contribution in [1.29, 1.82) is 0 Å². The molecular formula is C33H45N3O4S. The summed E-state index contributed by atoms with van der Waals surface area (Å²) < 4.78 is 27.2. The van der Waals surface area contributed by atoms with E-state index >= 15 is 0 Å². The molecule has 2 aromatic rings. The molecule has 0 spiro atoms. The molecule has 41 heavy (non-hydrogen) atoms. The molecular weight excluding hydrogens is 534 g/mol. The van der Waals surface area contributed by atoms with E-state index in [9.17, 15) is 18.0 Å². The van der Waals surface area contributed by atoms with Gasteiger partial charge in [-0.25, -0.2) is 8.42 Å². The molecule has 2 aromatic carbocycles. The molecule has 0 radical (unpaired) electrons. The first-order valence-electron chi connectivity index (χ1n) is 15.1. The Morgan fingerprint density at radius 2 is 1.44 bits per heavy atom. The molecule has 0 unspecified atom stereocenters. The van der Waals surface area contributed by atoms with Crippen molar-refractivity contribution in [2.45, 2.75) is 90.3 Å². The molecule has 4 bridgehead atoms. The van der Waals surface area contributed by atoms with Gasteiger partial charge in [0.25, 0.3) is 0 Å². The van der Waals surface area contributed by atoms with Gasteiger partial charge < -0.3 is 10.2 Å². The van der Waals surface area contributed by atoms with Gasteiger partial charge in [0.1, 0.15) is 12.6 Å². The van der Waals surface area contributed by atoms with Gasteiger partial charge in [-0.15, -0.1) is 0 Å². The zero-order valence-corrected chi connectivity index (χ0v) is 25.9. The van der Waals surface area contributed by atoms with Crippen molar-refractivity contribution in [1.82, 2.24) is 10.2 Å². The molecule has 6 rings (SSSR count). The van der Waals surface area contributed by atoms with Gasteiger partial charge in [-0.2, -0.15) is 0 Å². The van der Waals surface area contributed by atoms with Crippen molar-refractivity contribution in [2.75, 3.05) is 17.1 Å². The van der Waals surface area contributed by atoms with Gasteiger partial charge in [0.2, 0.25) is 21.8 Å². The summed E-state index contributed by atoms with van der Waals surface area (Å²) in [7, 11) is -3.76. The van der Waals surface area contributed by atoms with E-state index in [0.717, 1.165) is 35.1 Å². The minimum absolute atomic E-state index is 0.0821. The number of anilines is 1. The molecule has 2 amide bonds. The highest BCUT2D eigenvalue weighted by atomic mass is 32.2. The van der Waals surface area contributed by atoms with Crippen LogP contribution in [-0.2, 0) is 31.6 Å². The normalized spacial score (nSPS) is 25.7. The van der Waals surface area contributed by atoms with E-state index in [4.69, 9.17) is 0 Å². The number of amides is 2. The molecule has 0 aromatic heterocycles. The van der Waals surface area contributed by atoms with Crippen molar-refractivity contribution in [2.24, 2.45) is 17.8 Å². The van der Waals surface area contributed by atoms with E-state index in [-0.39, 0.29) is 30.5 Å². The van der Waals surface area contributed by atoms with E-state index in [1.165, 1.54) is 53.3 Å². The molecule has 1 N–H and O–H groups in total. The third-order valence-corrected chi connectivity index (χ3v) is 10.7. The van der Waals surface area contributed by atoms with Crippen molar-refractivity contribution >= 4 is 27.5 Å². The van der Waals surface area contributed by atoms with Gasteiger partial charge in [-0.1, -0.05) is 42.0 Å². The van der Waals surface area contributed by atoms with Gasteiger partial charge in [0, 0.05) is 12.6 Å². The lowest BCUT2D eigenvalue weighted by atomic mass is 9.48. The van der Waals surface area contributed by atoms with E-state index in [1.54, 1.807) is 6.92 Å². The topological polar surface area (TPSA) is 86.8 Å². The molecule has 4 aliphatic rings. The van der Waals surface area contributed by atoms with Crippen molar-refractivity contribution < 1.29 is 18.0 Å². The lowest BCUT2D eigenvalue weighted by Crippen LogP contribution is -2.52. The monoisotopic (exact) mass is 579 g/mol. The quantitative estimate of drug-likeness (QED) is 0.421. The zero-order chi connectivity index (χ0) is 29.5. The van der Waals surface area contributed by atoms with Crippen LogP contribution in [0.5, 0.6) is 0 Å². The Morgan fingerprint density at radius 1 is 0.902 bits per heavy atom. The Balaban J connectivity index is 1.38. The number of hydrogen-bond acceptors (Lipinski definition) is 4. The summed E-state index contributed by atoms with van der Waals surface area (Å²) in [6.45, 7) is 7.25. The van der Waals surface area contributed by atoms with Crippen LogP contribution >= 0.6 is 0 Å². The molecule has 222 valence electrons. The van der Waals surface area contributed by atoms with Crippen LogP contribution < -0.4 is 9.62 Å². The van der Waals surface area contributed by atoms with E-state index in [0.29, 0.717) is 5.69 Å². The standard InChI is InChI=1S/C33H45N3O4S/c1-22(2)34-32(38)24(4)35(20-25-8-6-23(3)7-9-25)31(37)21-36(41(5,39)40)30-12-10-29(11-13-30)33-17-26-14-27(18-33)16-28(15-26)19-33/h6-13,22,24,26-28H,14-21H2,1-5H3,(H,34,38)/t24-,26?,27?,28?,33?/m1/s1. The maximum atomic E-state index is 13.8. The smallest absolute Gasteiger partial charge is 0.244 e. The second-order valence-corrected chi connectivity index (χ2v) is 15.3. The highest BCUT2D eigenvalue weighted by Crippen LogP contribution is 2.60. The van der Waals surface area contributed by atoms with Gasteiger partial charge in [-0.3, -0.25) is 13.9 Å². The Labute approximate surface area is 245 Å². The third-order valence-electron chi connectivity index (χ3n) is 9.56. The minimum atomic E-state index is -3.76. The summed E-state index contributed by atoms with van der Waals surface area (Å²) in [6.07, 6.45) is 8.94. The van der Waals surface area contributed by atoms with Gasteiger partial charge >= 0.3 is 0 Å². The second-order valence-electron chi connectivity index (χ2n) is 13.4. The molecule has 0 aliphatic heterocycles. The number of carbonyl (C=O) groups excluding carboxylic acids is 2. The molecule has 1 atom stereocenters. The van der Waals surface area contributed by atoms with Crippen LogP contribution in [-0.4, -0.2) is 50.0 Å². The van der Waals surface area contributed by atoms with Crippen molar-refractivity contribution in [3.8, 4) is 0 Å². The molecule has 8 heteroatoms. The summed E-state index contributed by atoms with van der Waals surface area (Å²) in [6, 6.07) is 14.8. The summed E-state index contributed by atoms with van der Waals surface area (Å²) in [5.74, 6) is 1.76. The van der Waals surface area contributed by atoms with Crippen LogP contribution in [0.15, 0.2) is 48.5 Å². The van der Waals surface area contributed by atoms with Crippen LogP contribution in [0.25, 0.3) is 0 Å². The Kier molecular flexibility index (Phi) is 8.25. The van der Waals surface area contributed by atoms with Crippen molar-refractivity contribution in [3.63, 3.8) is 0 Å². The predicted molar refractivity (Wildman–Crippen MR) is 163 cm³/mol. The van der Waals surface area contributed by atoms with Crippen LogP contribution in [0.3, 0.4) is 0 Å². The fourth-order valence-electron chi connectivity index (χ4n) is 7.94. The third kappa shape index (κ3) is 6.47. The maximum absolute atomic E-state index is 13.8. The number of hydrogen-bond donors (Lipinski definition) is 1. The molecule has 4 saturated carbocycles. The van der Waals surface area contributed by atoms with Gasteiger partial charge in [-0.05, 0) is 113 Å². The number of nitrogens with zero attached hydrogens (tertiary/aromatic N) is 2. The van der Waals surface area contributed by atoms with Gasteiger partial charge in [0.15, 0.2) is 0 Å². The first kappa shape index (κ1) is 29.6. The number of rotatable bonds is 10. The average Bonchev–Trinajstić information content (AvgIpc) is 2.89. The zero-order valence-electron chi connectivity index (χ0n) is 25.1. The SMILES string of the molecule is Cc1ccc(CN(C(=O)CN(c2ccc(C34CC5CC(CC(C5)C3)C4)cc2)S(C)(=O)=O)[C@H](C)C(=O)NC(C)C)cc1. The minimum Gasteiger partial charge on any atom is -0.352 e. The Hall–Kier alpha value is -2.87. The predicted octanol–water partition coefficient (Wildman–Crippen LogP) is 5.17. The van der Waals surface area contributed by atoms with E-state index in [1.807, 2.05) is 57.2 Å². The Morgan fingerprint density at radius 3 is 1.93 bits per heavy atom. The van der Waals surface area contributed by atoms with Crippen molar-refractivity contribution in [3.05, 3.63) is 65.2 Å². The van der Waals surface area contributed by atoms with Crippen LogP contribution in [0, 0.1) is 24.7 Å². The highest BCUT2D eigenvalue weighted by Gasteiger charge is 2.51. The first-order valence-corrected chi connectivity index (χ1v) is 16.9. The maximum Gasteiger partial charge on any atom is 0.244 e. The van der Waals surface area contributed by atoms with Crippen LogP contribution in [0.2, 0.25) is 0 Å². The second kappa shape index (κ2) is 11.4. The fourth-order valence-corrected chi connectivity index (χ4v) is 8.79. The number of benzene rings is 2. The molecule has 4 fully saturated rings. The van der Waals surface area contributed by atoms with Crippen LogP contribution in [0.4, 0.5) is 5.69 Å². The number of aryl methyl sites for hydroxylation is 1. The van der Waals surface area contributed by atoms with Crippen LogP contribution in [0.1, 0.15) is 76.0 Å². The van der Waals surface area contributed by atoms with E-state index < -0.39 is 22.0 Å².